The summed E-state index contributed by atoms with van der Waals surface area (Å²) < 4.78 is 0.966. The minimum atomic E-state index is -0.533. The molecule has 0 aromatic heterocycles. The van der Waals surface area contributed by atoms with Gasteiger partial charge >= 0.3 is 0 Å². The molecule has 22 heavy (non-hydrogen) atoms. The first-order valence-corrected chi connectivity index (χ1v) is 8.36. The fourth-order valence-corrected chi connectivity index (χ4v) is 2.59. The molecule has 0 fully saturated rings. The molecule has 1 aromatic carbocycles. The van der Waals surface area contributed by atoms with Crippen LogP contribution in [0.2, 0.25) is 0 Å². The van der Waals surface area contributed by atoms with E-state index < -0.39 is 6.04 Å². The Balaban J connectivity index is 2.79. The van der Waals surface area contributed by atoms with Crippen molar-refractivity contribution in [1.29, 1.82) is 0 Å². The third kappa shape index (κ3) is 5.79. The highest BCUT2D eigenvalue weighted by Gasteiger charge is 2.24. The number of hydrogen-bond acceptors (Lipinski definition) is 2. The fourth-order valence-electron chi connectivity index (χ4n) is 2.12. The summed E-state index contributed by atoms with van der Waals surface area (Å²) in [6.45, 7) is 9.75. The lowest BCUT2D eigenvalue weighted by Gasteiger charge is -2.22. The van der Waals surface area contributed by atoms with Gasteiger partial charge in [-0.1, -0.05) is 43.6 Å². The molecule has 1 atom stereocenters. The van der Waals surface area contributed by atoms with Crippen molar-refractivity contribution in [2.45, 2.75) is 47.1 Å². The minimum absolute atomic E-state index is 0.0202. The maximum Gasteiger partial charge on any atom is 0.247 e. The molecule has 1 rings (SSSR count). The van der Waals surface area contributed by atoms with E-state index in [0.717, 1.165) is 15.7 Å². The number of halogens is 1. The predicted octanol–water partition coefficient (Wildman–Crippen LogP) is 3.88. The van der Waals surface area contributed by atoms with Gasteiger partial charge in [0.15, 0.2) is 0 Å². The zero-order valence-electron chi connectivity index (χ0n) is 13.9. The molecule has 0 saturated heterocycles. The summed E-state index contributed by atoms with van der Waals surface area (Å²) in [6, 6.07) is 5.14. The number of hydrogen-bond donors (Lipinski definition) is 2. The van der Waals surface area contributed by atoms with Gasteiger partial charge in [-0.3, -0.25) is 9.59 Å². The Hall–Kier alpha value is -1.36. The summed E-state index contributed by atoms with van der Waals surface area (Å²) in [5.41, 5.74) is 1.73. The quantitative estimate of drug-likeness (QED) is 0.800. The molecule has 0 radical (unpaired) electrons. The Bertz CT molecular complexity index is 541. The van der Waals surface area contributed by atoms with Crippen LogP contribution in [-0.2, 0) is 9.59 Å². The Morgan fingerprint density at radius 1 is 1.18 bits per heavy atom. The third-order valence-corrected chi connectivity index (χ3v) is 3.80. The normalized spacial score (nSPS) is 12.4. The number of amides is 2. The second kappa shape index (κ2) is 8.32. The van der Waals surface area contributed by atoms with Crippen LogP contribution in [0.3, 0.4) is 0 Å². The average molecular weight is 369 g/mol. The summed E-state index contributed by atoms with van der Waals surface area (Å²) in [4.78, 5) is 24.4. The van der Waals surface area contributed by atoms with Gasteiger partial charge in [-0.15, -0.1) is 0 Å². The van der Waals surface area contributed by atoms with Gasteiger partial charge in [0.2, 0.25) is 11.8 Å². The molecule has 0 aliphatic heterocycles. The first-order valence-electron chi connectivity index (χ1n) is 7.57. The predicted molar refractivity (Wildman–Crippen MR) is 93.7 cm³/mol. The molecule has 4 nitrogen and oxygen atoms in total. The van der Waals surface area contributed by atoms with E-state index >= 15 is 0 Å². The second-order valence-corrected chi connectivity index (χ2v) is 7.25. The molecule has 0 heterocycles. The van der Waals surface area contributed by atoms with Crippen molar-refractivity contribution in [2.24, 2.45) is 11.8 Å². The van der Waals surface area contributed by atoms with Crippen LogP contribution < -0.4 is 10.6 Å². The van der Waals surface area contributed by atoms with E-state index in [0.29, 0.717) is 6.42 Å². The van der Waals surface area contributed by atoms with E-state index in [1.807, 2.05) is 52.8 Å². The Kier molecular flexibility index (Phi) is 7.07. The highest BCUT2D eigenvalue weighted by Crippen LogP contribution is 2.20. The SMILES string of the molecule is Cc1cc(Br)ccc1NC(=O)C(NC(=O)CC(C)C)C(C)C. The standard InChI is InChI=1S/C17H25BrN2O2/c1-10(2)8-15(21)20-16(11(3)4)17(22)19-14-7-6-13(18)9-12(14)5/h6-7,9-11,16H,8H2,1-5H3,(H,19,22)(H,20,21). The van der Waals surface area contributed by atoms with Gasteiger partial charge in [-0.05, 0) is 42.5 Å². The van der Waals surface area contributed by atoms with Gasteiger partial charge < -0.3 is 10.6 Å². The Morgan fingerprint density at radius 2 is 1.82 bits per heavy atom. The summed E-state index contributed by atoms with van der Waals surface area (Å²) in [5.74, 6) is 0.0189. The zero-order chi connectivity index (χ0) is 16.9. The lowest BCUT2D eigenvalue weighted by atomic mass is 10.0. The Morgan fingerprint density at radius 3 is 2.32 bits per heavy atom. The third-order valence-electron chi connectivity index (χ3n) is 3.31. The topological polar surface area (TPSA) is 58.2 Å². The van der Waals surface area contributed by atoms with Crippen LogP contribution in [0.5, 0.6) is 0 Å². The maximum atomic E-state index is 12.5. The van der Waals surface area contributed by atoms with E-state index in [1.54, 1.807) is 0 Å². The molecule has 122 valence electrons. The van der Waals surface area contributed by atoms with E-state index in [-0.39, 0.29) is 23.7 Å². The van der Waals surface area contributed by atoms with Crippen molar-refractivity contribution < 1.29 is 9.59 Å². The highest BCUT2D eigenvalue weighted by molar-refractivity contribution is 9.10. The number of carbonyl (C=O) groups excluding carboxylic acids is 2. The molecule has 1 unspecified atom stereocenters. The largest absolute Gasteiger partial charge is 0.344 e. The van der Waals surface area contributed by atoms with Crippen LogP contribution in [0.1, 0.15) is 39.7 Å². The summed E-state index contributed by atoms with van der Waals surface area (Å²) >= 11 is 3.40. The van der Waals surface area contributed by atoms with Gasteiger partial charge in [0.05, 0.1) is 0 Å². The van der Waals surface area contributed by atoms with Crippen LogP contribution in [0.4, 0.5) is 5.69 Å². The molecule has 0 aliphatic rings. The lowest BCUT2D eigenvalue weighted by Crippen LogP contribution is -2.47. The first-order chi connectivity index (χ1) is 10.2. The van der Waals surface area contributed by atoms with Crippen molar-refractivity contribution in [3.8, 4) is 0 Å². The molecular weight excluding hydrogens is 344 g/mol. The minimum Gasteiger partial charge on any atom is -0.344 e. The highest BCUT2D eigenvalue weighted by atomic mass is 79.9. The van der Waals surface area contributed by atoms with E-state index in [9.17, 15) is 9.59 Å². The van der Waals surface area contributed by atoms with Crippen LogP contribution in [0.25, 0.3) is 0 Å². The molecule has 0 saturated carbocycles. The van der Waals surface area contributed by atoms with Crippen molar-refractivity contribution in [3.63, 3.8) is 0 Å². The van der Waals surface area contributed by atoms with Crippen LogP contribution in [0, 0.1) is 18.8 Å². The fraction of sp³-hybridized carbons (Fsp3) is 0.529. The van der Waals surface area contributed by atoms with Gasteiger partial charge in [-0.25, -0.2) is 0 Å². The summed E-state index contributed by atoms with van der Waals surface area (Å²) in [6.07, 6.45) is 0.424. The van der Waals surface area contributed by atoms with Gasteiger partial charge in [0.1, 0.15) is 6.04 Å². The molecule has 0 aliphatic carbocycles. The maximum absolute atomic E-state index is 12.5. The molecule has 2 N–H and O–H groups in total. The first kappa shape index (κ1) is 18.7. The van der Waals surface area contributed by atoms with Crippen molar-refractivity contribution >= 4 is 33.4 Å². The van der Waals surface area contributed by atoms with Crippen LogP contribution >= 0.6 is 15.9 Å². The van der Waals surface area contributed by atoms with Crippen molar-refractivity contribution in [2.75, 3.05) is 5.32 Å². The average Bonchev–Trinajstić information content (AvgIpc) is 2.38. The van der Waals surface area contributed by atoms with Gasteiger partial charge in [0, 0.05) is 16.6 Å². The van der Waals surface area contributed by atoms with E-state index in [1.165, 1.54) is 0 Å². The summed E-state index contributed by atoms with van der Waals surface area (Å²) in [7, 11) is 0. The lowest BCUT2D eigenvalue weighted by molar-refractivity contribution is -0.127. The Labute approximate surface area is 141 Å². The van der Waals surface area contributed by atoms with Gasteiger partial charge in [0.25, 0.3) is 0 Å². The molecule has 1 aromatic rings. The zero-order valence-corrected chi connectivity index (χ0v) is 15.5. The molecule has 0 spiro atoms. The number of aryl methyl sites for hydroxylation is 1. The monoisotopic (exact) mass is 368 g/mol. The molecular formula is C17H25BrN2O2. The number of anilines is 1. The number of nitrogens with one attached hydrogen (secondary N) is 2. The molecule has 0 bridgehead atoms. The second-order valence-electron chi connectivity index (χ2n) is 6.34. The van der Waals surface area contributed by atoms with E-state index in [4.69, 9.17) is 0 Å². The van der Waals surface area contributed by atoms with Crippen LogP contribution in [-0.4, -0.2) is 17.9 Å². The molecule has 5 heteroatoms. The number of benzene rings is 1. The van der Waals surface area contributed by atoms with E-state index in [2.05, 4.69) is 26.6 Å². The van der Waals surface area contributed by atoms with Gasteiger partial charge in [-0.2, -0.15) is 0 Å². The smallest absolute Gasteiger partial charge is 0.247 e. The van der Waals surface area contributed by atoms with Crippen molar-refractivity contribution in [3.05, 3.63) is 28.2 Å². The van der Waals surface area contributed by atoms with Crippen molar-refractivity contribution in [1.82, 2.24) is 5.32 Å². The molecule has 2 amide bonds. The number of rotatable bonds is 6. The number of carbonyl (C=O) groups is 2. The van der Waals surface area contributed by atoms with Crippen LogP contribution in [0.15, 0.2) is 22.7 Å². The summed E-state index contributed by atoms with van der Waals surface area (Å²) in [5, 5.41) is 5.74.